The molecule has 1 aliphatic rings. The fourth-order valence-corrected chi connectivity index (χ4v) is 4.15. The Balaban J connectivity index is 1.43. The second-order valence-corrected chi connectivity index (χ2v) is 8.06. The number of nitrogens with one attached hydrogen (secondary N) is 1. The molecule has 1 amide bonds. The van der Waals surface area contributed by atoms with Gasteiger partial charge in [0.25, 0.3) is 11.9 Å². The smallest absolute Gasteiger partial charge is 0.255 e. The molecule has 0 atom stereocenters. The summed E-state index contributed by atoms with van der Waals surface area (Å²) in [6.45, 7) is 4.14. The third-order valence-electron chi connectivity index (χ3n) is 5.84. The van der Waals surface area contributed by atoms with E-state index in [0.29, 0.717) is 23.8 Å². The molecule has 0 aliphatic heterocycles. The van der Waals surface area contributed by atoms with Gasteiger partial charge in [-0.2, -0.15) is 5.10 Å². The van der Waals surface area contributed by atoms with Gasteiger partial charge in [-0.15, -0.1) is 0 Å². The van der Waals surface area contributed by atoms with Crippen LogP contribution in [0.5, 0.6) is 0 Å². The molecular formula is C25H24N6O. The maximum atomic E-state index is 12.8. The van der Waals surface area contributed by atoms with Crippen LogP contribution >= 0.6 is 0 Å². The first-order chi connectivity index (χ1) is 15.6. The van der Waals surface area contributed by atoms with Crippen LogP contribution in [0, 0.1) is 13.8 Å². The molecule has 0 saturated carbocycles. The van der Waals surface area contributed by atoms with Crippen LogP contribution in [0.4, 0.5) is 0 Å². The van der Waals surface area contributed by atoms with Crippen LogP contribution in [0.2, 0.25) is 0 Å². The van der Waals surface area contributed by atoms with Gasteiger partial charge in [0.05, 0.1) is 35.4 Å². The molecule has 0 fully saturated rings. The summed E-state index contributed by atoms with van der Waals surface area (Å²) in [7, 11) is 0. The van der Waals surface area contributed by atoms with Gasteiger partial charge in [0.15, 0.2) is 0 Å². The molecule has 1 aromatic carbocycles. The maximum absolute atomic E-state index is 12.8. The van der Waals surface area contributed by atoms with Crippen LogP contribution in [0.15, 0.2) is 54.9 Å². The molecular weight excluding hydrogens is 400 g/mol. The minimum Gasteiger partial charge on any atom is -0.346 e. The van der Waals surface area contributed by atoms with E-state index in [0.717, 1.165) is 47.5 Å². The largest absolute Gasteiger partial charge is 0.346 e. The summed E-state index contributed by atoms with van der Waals surface area (Å²) >= 11 is 0. The molecule has 3 heterocycles. The van der Waals surface area contributed by atoms with Crippen molar-refractivity contribution in [1.82, 2.24) is 30.0 Å². The highest BCUT2D eigenvalue weighted by atomic mass is 16.1. The number of hydrogen-bond donors (Lipinski definition) is 1. The summed E-state index contributed by atoms with van der Waals surface area (Å²) in [4.78, 5) is 26.6. The molecule has 0 spiro atoms. The molecule has 1 N–H and O–H groups in total. The lowest BCUT2D eigenvalue weighted by Crippen LogP contribution is -2.24. The standard InChI is InChI=1S/C25H24N6O/c1-16-7-5-11-20(29-16)14-26-24(32)22-15-28-31(17(22)2)25-27-13-19-10-6-9-18-8-3-4-12-21(18)23(19)30-25/h3-5,7-8,11-13,15H,6,9-10,14H2,1-2H3,(H,26,32). The van der Waals surface area contributed by atoms with E-state index in [1.807, 2.05) is 44.3 Å². The Morgan fingerprint density at radius 1 is 1.00 bits per heavy atom. The number of carbonyl (C=O) groups is 1. The van der Waals surface area contributed by atoms with Gasteiger partial charge in [-0.25, -0.2) is 14.6 Å². The second kappa shape index (κ2) is 8.34. The molecule has 1 aliphatic carbocycles. The lowest BCUT2D eigenvalue weighted by molar-refractivity contribution is 0.0949. The number of pyridine rings is 1. The third-order valence-corrected chi connectivity index (χ3v) is 5.84. The monoisotopic (exact) mass is 424 g/mol. The molecule has 0 saturated heterocycles. The van der Waals surface area contributed by atoms with Crippen LogP contribution in [-0.2, 0) is 19.4 Å². The van der Waals surface area contributed by atoms with E-state index in [-0.39, 0.29) is 5.91 Å². The molecule has 7 nitrogen and oxygen atoms in total. The van der Waals surface area contributed by atoms with E-state index in [2.05, 4.69) is 38.6 Å². The van der Waals surface area contributed by atoms with E-state index >= 15 is 0 Å². The molecule has 0 bridgehead atoms. The fraction of sp³-hybridized carbons (Fsp3) is 0.240. The average Bonchev–Trinajstić information content (AvgIpc) is 3.09. The fourth-order valence-electron chi connectivity index (χ4n) is 4.15. The van der Waals surface area contributed by atoms with Crippen molar-refractivity contribution >= 4 is 5.91 Å². The molecule has 0 radical (unpaired) electrons. The molecule has 160 valence electrons. The number of fused-ring (bicyclic) bond motifs is 3. The summed E-state index contributed by atoms with van der Waals surface area (Å²) in [5.41, 5.74) is 7.48. The van der Waals surface area contributed by atoms with Gasteiger partial charge in [-0.3, -0.25) is 9.78 Å². The van der Waals surface area contributed by atoms with Crippen molar-refractivity contribution in [3.8, 4) is 17.2 Å². The predicted octanol–water partition coefficient (Wildman–Crippen LogP) is 3.76. The van der Waals surface area contributed by atoms with Gasteiger partial charge in [-0.05, 0) is 56.4 Å². The second-order valence-electron chi connectivity index (χ2n) is 8.06. The summed E-state index contributed by atoms with van der Waals surface area (Å²) in [6, 6.07) is 14.1. The van der Waals surface area contributed by atoms with Crippen molar-refractivity contribution in [1.29, 1.82) is 0 Å². The Kier molecular flexibility index (Phi) is 5.23. The van der Waals surface area contributed by atoms with E-state index < -0.39 is 0 Å². The zero-order valence-corrected chi connectivity index (χ0v) is 18.2. The summed E-state index contributed by atoms with van der Waals surface area (Å²) in [6.07, 6.45) is 6.51. The van der Waals surface area contributed by atoms with Crippen molar-refractivity contribution in [3.63, 3.8) is 0 Å². The Hall–Kier alpha value is -3.87. The summed E-state index contributed by atoms with van der Waals surface area (Å²) in [5, 5.41) is 7.34. The number of carbonyl (C=O) groups excluding carboxylic acids is 1. The minimum atomic E-state index is -0.197. The number of amides is 1. The molecule has 32 heavy (non-hydrogen) atoms. The van der Waals surface area contributed by atoms with E-state index in [1.54, 1.807) is 10.9 Å². The number of benzene rings is 1. The molecule has 0 unspecified atom stereocenters. The molecule has 3 aromatic heterocycles. The highest BCUT2D eigenvalue weighted by molar-refractivity contribution is 5.95. The van der Waals surface area contributed by atoms with E-state index in [9.17, 15) is 4.79 Å². The quantitative estimate of drug-likeness (QED) is 0.539. The van der Waals surface area contributed by atoms with Gasteiger partial charge in [0.2, 0.25) is 0 Å². The van der Waals surface area contributed by atoms with Gasteiger partial charge in [0.1, 0.15) is 0 Å². The first-order valence-corrected chi connectivity index (χ1v) is 10.8. The number of nitrogens with zero attached hydrogens (tertiary/aromatic N) is 5. The first kappa shape index (κ1) is 20.1. The molecule has 4 aromatic rings. The SMILES string of the molecule is Cc1cccc(CNC(=O)c2cnn(-c3ncc4c(n3)-c3ccccc3CCC4)c2C)n1. The molecule has 7 heteroatoms. The zero-order valence-electron chi connectivity index (χ0n) is 18.2. The highest BCUT2D eigenvalue weighted by Gasteiger charge is 2.20. The number of hydrogen-bond acceptors (Lipinski definition) is 5. The Bertz CT molecular complexity index is 1310. The minimum absolute atomic E-state index is 0.197. The summed E-state index contributed by atoms with van der Waals surface area (Å²) in [5.74, 6) is 0.273. The average molecular weight is 425 g/mol. The highest BCUT2D eigenvalue weighted by Crippen LogP contribution is 2.31. The lowest BCUT2D eigenvalue weighted by Gasteiger charge is -2.11. The first-order valence-electron chi connectivity index (χ1n) is 10.8. The number of aryl methyl sites for hydroxylation is 3. The summed E-state index contributed by atoms with van der Waals surface area (Å²) < 4.78 is 1.63. The van der Waals surface area contributed by atoms with Crippen LogP contribution in [0.3, 0.4) is 0 Å². The van der Waals surface area contributed by atoms with Crippen LogP contribution < -0.4 is 5.32 Å². The van der Waals surface area contributed by atoms with E-state index in [1.165, 1.54) is 5.56 Å². The topological polar surface area (TPSA) is 85.6 Å². The van der Waals surface area contributed by atoms with Gasteiger partial charge in [-0.1, -0.05) is 30.3 Å². The maximum Gasteiger partial charge on any atom is 0.255 e. The van der Waals surface area contributed by atoms with Crippen molar-refractivity contribution < 1.29 is 4.79 Å². The van der Waals surface area contributed by atoms with Gasteiger partial charge >= 0.3 is 0 Å². The van der Waals surface area contributed by atoms with Crippen molar-refractivity contribution in [2.75, 3.05) is 0 Å². The van der Waals surface area contributed by atoms with E-state index in [4.69, 9.17) is 4.98 Å². The van der Waals surface area contributed by atoms with Gasteiger partial charge in [0, 0.05) is 17.5 Å². The molecule has 5 rings (SSSR count). The van der Waals surface area contributed by atoms with Crippen LogP contribution in [0.1, 0.15) is 45.0 Å². The Labute approximate surface area is 186 Å². The van der Waals surface area contributed by atoms with Crippen LogP contribution in [-0.4, -0.2) is 30.6 Å². The third kappa shape index (κ3) is 3.77. The normalized spacial score (nSPS) is 12.6. The number of aromatic nitrogens is 5. The van der Waals surface area contributed by atoms with Gasteiger partial charge < -0.3 is 5.32 Å². The lowest BCUT2D eigenvalue weighted by atomic mass is 10.0. The van der Waals surface area contributed by atoms with Crippen molar-refractivity contribution in [2.45, 2.75) is 39.7 Å². The number of rotatable bonds is 4. The van der Waals surface area contributed by atoms with Crippen LogP contribution in [0.25, 0.3) is 17.2 Å². The van der Waals surface area contributed by atoms with Crippen molar-refractivity contribution in [3.05, 3.63) is 88.6 Å². The Morgan fingerprint density at radius 3 is 2.72 bits per heavy atom. The van der Waals surface area contributed by atoms with Crippen molar-refractivity contribution in [2.24, 2.45) is 0 Å². The zero-order chi connectivity index (χ0) is 22.1. The predicted molar refractivity (Wildman–Crippen MR) is 121 cm³/mol. The Morgan fingerprint density at radius 2 is 1.84 bits per heavy atom.